The number of nitrogens with one attached hydrogen (secondary N) is 1. The van der Waals surface area contributed by atoms with Crippen LogP contribution in [0.5, 0.6) is 0 Å². The van der Waals surface area contributed by atoms with Gasteiger partial charge in [0.2, 0.25) is 0 Å². The van der Waals surface area contributed by atoms with Gasteiger partial charge in [0.05, 0.1) is 0 Å². The fourth-order valence-corrected chi connectivity index (χ4v) is 1.53. The minimum Gasteiger partial charge on any atom is -0.362 e. The summed E-state index contributed by atoms with van der Waals surface area (Å²) in [5, 5.41) is 6.49. The monoisotopic (exact) mass is 273 g/mol. The number of nitrogens with two attached hydrogens (primary N) is 1. The van der Waals surface area contributed by atoms with Crippen molar-refractivity contribution in [1.29, 1.82) is 0 Å². The van der Waals surface area contributed by atoms with Crippen molar-refractivity contribution >= 4 is 11.3 Å². The molecule has 0 bridgehead atoms. The Bertz CT molecular complexity index is 588. The number of aromatic nitrogens is 3. The van der Waals surface area contributed by atoms with E-state index in [2.05, 4.69) is 15.4 Å². The van der Waals surface area contributed by atoms with E-state index in [1.807, 2.05) is 13.8 Å². The van der Waals surface area contributed by atoms with E-state index in [4.69, 9.17) is 5.73 Å². The molecule has 0 unspecified atom stereocenters. The molecule has 2 rings (SSSR count). The second-order valence-corrected chi connectivity index (χ2v) is 4.85. The second kappa shape index (κ2) is 4.37. The molecule has 0 aromatic carbocycles. The number of halogens is 3. The summed E-state index contributed by atoms with van der Waals surface area (Å²) in [6, 6.07) is 0.960. The van der Waals surface area contributed by atoms with E-state index in [0.29, 0.717) is 12.4 Å². The van der Waals surface area contributed by atoms with Crippen molar-refractivity contribution in [1.82, 2.24) is 14.6 Å². The standard InChI is InChI=1S/C11H14F3N5/c1-10(2,6-15)17-9-7-5-8(11(12,13)14)18-19(7)4-3-16-9/h3-5H,6,15H2,1-2H3,(H,16,17). The third kappa shape index (κ3) is 2.78. The lowest BCUT2D eigenvalue weighted by Gasteiger charge is -2.25. The Morgan fingerprint density at radius 3 is 2.63 bits per heavy atom. The van der Waals surface area contributed by atoms with Crippen molar-refractivity contribution in [3.05, 3.63) is 24.2 Å². The Morgan fingerprint density at radius 1 is 1.37 bits per heavy atom. The van der Waals surface area contributed by atoms with Gasteiger partial charge >= 0.3 is 6.18 Å². The van der Waals surface area contributed by atoms with Crippen LogP contribution in [-0.2, 0) is 6.18 Å². The van der Waals surface area contributed by atoms with Crippen molar-refractivity contribution in [2.75, 3.05) is 11.9 Å². The molecule has 0 spiro atoms. The summed E-state index contributed by atoms with van der Waals surface area (Å²) in [5.74, 6) is 0.320. The number of hydrogen-bond acceptors (Lipinski definition) is 4. The first-order valence-corrected chi connectivity index (χ1v) is 5.63. The number of rotatable bonds is 3. The van der Waals surface area contributed by atoms with E-state index in [1.54, 1.807) is 0 Å². The van der Waals surface area contributed by atoms with E-state index < -0.39 is 17.4 Å². The topological polar surface area (TPSA) is 68.2 Å². The average Bonchev–Trinajstić information content (AvgIpc) is 2.73. The molecule has 0 saturated heterocycles. The molecule has 104 valence electrons. The van der Waals surface area contributed by atoms with Crippen molar-refractivity contribution in [3.8, 4) is 0 Å². The summed E-state index contributed by atoms with van der Waals surface area (Å²) in [6.45, 7) is 3.98. The predicted octanol–water partition coefficient (Wildman–Crippen LogP) is 1.90. The van der Waals surface area contributed by atoms with Crippen molar-refractivity contribution in [3.63, 3.8) is 0 Å². The molecule has 0 radical (unpaired) electrons. The SMILES string of the molecule is CC(C)(CN)Nc1nccn2nc(C(F)(F)F)cc12. The Morgan fingerprint density at radius 2 is 2.05 bits per heavy atom. The fraction of sp³-hybridized carbons (Fsp3) is 0.455. The number of nitrogens with zero attached hydrogens (tertiary/aromatic N) is 3. The van der Waals surface area contributed by atoms with Gasteiger partial charge in [0.15, 0.2) is 11.5 Å². The van der Waals surface area contributed by atoms with Gasteiger partial charge in [0.1, 0.15) is 5.52 Å². The minimum atomic E-state index is -4.48. The van der Waals surface area contributed by atoms with Crippen molar-refractivity contribution in [2.45, 2.75) is 25.6 Å². The maximum atomic E-state index is 12.6. The summed E-state index contributed by atoms with van der Waals surface area (Å²) in [5.41, 5.74) is 4.42. The molecule has 8 heteroatoms. The van der Waals surface area contributed by atoms with Crippen LogP contribution < -0.4 is 11.1 Å². The van der Waals surface area contributed by atoms with Crippen LogP contribution >= 0.6 is 0 Å². The van der Waals surface area contributed by atoms with E-state index in [9.17, 15) is 13.2 Å². The maximum absolute atomic E-state index is 12.6. The third-order valence-corrected chi connectivity index (χ3v) is 2.65. The van der Waals surface area contributed by atoms with Crippen LogP contribution in [0.1, 0.15) is 19.5 Å². The summed E-state index contributed by atoms with van der Waals surface area (Å²) >= 11 is 0. The van der Waals surface area contributed by atoms with Crippen LogP contribution in [0.2, 0.25) is 0 Å². The van der Waals surface area contributed by atoms with Gasteiger partial charge in [-0.05, 0) is 13.8 Å². The van der Waals surface area contributed by atoms with Gasteiger partial charge in [-0.3, -0.25) is 0 Å². The highest BCUT2D eigenvalue weighted by Gasteiger charge is 2.34. The summed E-state index contributed by atoms with van der Waals surface area (Å²) in [7, 11) is 0. The lowest BCUT2D eigenvalue weighted by atomic mass is 10.1. The first kappa shape index (κ1) is 13.6. The largest absolute Gasteiger partial charge is 0.435 e. The molecule has 0 atom stereocenters. The average molecular weight is 273 g/mol. The van der Waals surface area contributed by atoms with Crippen molar-refractivity contribution < 1.29 is 13.2 Å². The zero-order chi connectivity index (χ0) is 14.3. The first-order chi connectivity index (χ1) is 8.73. The maximum Gasteiger partial charge on any atom is 0.435 e. The van der Waals surface area contributed by atoms with Crippen LogP contribution in [0, 0.1) is 0 Å². The highest BCUT2D eigenvalue weighted by atomic mass is 19.4. The lowest BCUT2D eigenvalue weighted by Crippen LogP contribution is -2.39. The van der Waals surface area contributed by atoms with Gasteiger partial charge < -0.3 is 11.1 Å². The molecule has 2 aromatic rings. The summed E-state index contributed by atoms with van der Waals surface area (Å²) in [4.78, 5) is 4.04. The Balaban J connectivity index is 2.48. The van der Waals surface area contributed by atoms with Crippen LogP contribution in [0.4, 0.5) is 19.0 Å². The summed E-state index contributed by atoms with van der Waals surface area (Å²) in [6.07, 6.45) is -1.73. The van der Waals surface area contributed by atoms with E-state index in [-0.39, 0.29) is 5.52 Å². The number of anilines is 1. The van der Waals surface area contributed by atoms with E-state index in [0.717, 1.165) is 10.6 Å². The number of fused-ring (bicyclic) bond motifs is 1. The zero-order valence-electron chi connectivity index (χ0n) is 10.5. The van der Waals surface area contributed by atoms with Crippen LogP contribution in [0.3, 0.4) is 0 Å². The molecule has 0 amide bonds. The van der Waals surface area contributed by atoms with Gasteiger partial charge in [0.25, 0.3) is 0 Å². The molecule has 0 aliphatic rings. The molecule has 2 heterocycles. The Labute approximate surface area is 107 Å². The molecule has 0 saturated carbocycles. The predicted molar refractivity (Wildman–Crippen MR) is 64.7 cm³/mol. The van der Waals surface area contributed by atoms with E-state index in [1.165, 1.54) is 12.4 Å². The second-order valence-electron chi connectivity index (χ2n) is 4.85. The van der Waals surface area contributed by atoms with Gasteiger partial charge in [0, 0.05) is 30.5 Å². The minimum absolute atomic E-state index is 0.261. The quantitative estimate of drug-likeness (QED) is 0.896. The summed E-state index contributed by atoms with van der Waals surface area (Å²) < 4.78 is 39.0. The zero-order valence-corrected chi connectivity index (χ0v) is 10.5. The molecule has 0 aliphatic heterocycles. The van der Waals surface area contributed by atoms with Crippen LogP contribution in [0.25, 0.3) is 5.52 Å². The van der Waals surface area contributed by atoms with Crippen molar-refractivity contribution in [2.24, 2.45) is 5.73 Å². The molecule has 19 heavy (non-hydrogen) atoms. The number of hydrogen-bond donors (Lipinski definition) is 2. The molecule has 5 nitrogen and oxygen atoms in total. The van der Waals surface area contributed by atoms with Gasteiger partial charge in [-0.1, -0.05) is 0 Å². The lowest BCUT2D eigenvalue weighted by molar-refractivity contribution is -0.141. The van der Waals surface area contributed by atoms with E-state index >= 15 is 0 Å². The normalized spacial score (nSPS) is 12.9. The van der Waals surface area contributed by atoms with Gasteiger partial charge in [-0.25, -0.2) is 9.50 Å². The third-order valence-electron chi connectivity index (χ3n) is 2.65. The highest BCUT2D eigenvalue weighted by Crippen LogP contribution is 2.30. The fourth-order valence-electron chi connectivity index (χ4n) is 1.53. The first-order valence-electron chi connectivity index (χ1n) is 5.63. The van der Waals surface area contributed by atoms with Crippen LogP contribution in [-0.4, -0.2) is 26.7 Å². The molecule has 2 aromatic heterocycles. The molecule has 0 aliphatic carbocycles. The highest BCUT2D eigenvalue weighted by molar-refractivity contribution is 5.68. The number of alkyl halides is 3. The Hall–Kier alpha value is -1.83. The van der Waals surface area contributed by atoms with Gasteiger partial charge in [-0.2, -0.15) is 18.3 Å². The molecular weight excluding hydrogens is 259 g/mol. The molecular formula is C11H14F3N5. The Kier molecular flexibility index (Phi) is 3.13. The molecule has 3 N–H and O–H groups in total. The van der Waals surface area contributed by atoms with Gasteiger partial charge in [-0.15, -0.1) is 0 Å². The van der Waals surface area contributed by atoms with Crippen LogP contribution in [0.15, 0.2) is 18.5 Å². The molecule has 0 fully saturated rings. The smallest absolute Gasteiger partial charge is 0.362 e.